The normalized spacial score (nSPS) is 17.3. The highest BCUT2D eigenvalue weighted by Crippen LogP contribution is 2.26. The molecule has 2 aromatic rings. The largest absolute Gasteiger partial charge is 0.384 e. The summed E-state index contributed by atoms with van der Waals surface area (Å²) < 4.78 is 8.04. The van der Waals surface area contributed by atoms with Gasteiger partial charge in [-0.3, -0.25) is 4.79 Å². The molecule has 0 saturated carbocycles. The first-order valence-electron chi connectivity index (χ1n) is 7.54. The molecule has 0 aliphatic carbocycles. The first-order chi connectivity index (χ1) is 11.1. The Morgan fingerprint density at radius 2 is 2.30 bits per heavy atom. The van der Waals surface area contributed by atoms with Gasteiger partial charge in [-0.2, -0.15) is 0 Å². The summed E-state index contributed by atoms with van der Waals surface area (Å²) in [4.78, 5) is 13.0. The smallest absolute Gasteiger partial charge is 0.269 e. The van der Waals surface area contributed by atoms with Crippen LogP contribution in [-0.4, -0.2) is 23.2 Å². The van der Waals surface area contributed by atoms with Gasteiger partial charge in [-0.05, 0) is 43.6 Å². The van der Waals surface area contributed by atoms with Crippen LogP contribution >= 0.6 is 23.6 Å². The van der Waals surface area contributed by atoms with E-state index in [0.29, 0.717) is 21.2 Å². The zero-order chi connectivity index (χ0) is 16.4. The van der Waals surface area contributed by atoms with E-state index in [1.807, 2.05) is 35.8 Å². The Hall–Kier alpha value is -1.70. The monoisotopic (exact) mass is 349 g/mol. The van der Waals surface area contributed by atoms with Crippen molar-refractivity contribution in [1.29, 1.82) is 0 Å². The summed E-state index contributed by atoms with van der Waals surface area (Å²) in [7, 11) is 0. The lowest BCUT2D eigenvalue weighted by Crippen LogP contribution is -2.18. The minimum Gasteiger partial charge on any atom is -0.384 e. The van der Waals surface area contributed by atoms with Crippen LogP contribution in [0.5, 0.6) is 0 Å². The summed E-state index contributed by atoms with van der Waals surface area (Å²) in [6, 6.07) is 7.63. The molecule has 1 amide bonds. The number of benzene rings is 1. The molecule has 1 atom stereocenters. The van der Waals surface area contributed by atoms with Gasteiger partial charge in [0.15, 0.2) is 3.95 Å². The summed E-state index contributed by atoms with van der Waals surface area (Å²) >= 11 is 6.61. The van der Waals surface area contributed by atoms with Crippen LogP contribution in [0.4, 0.5) is 11.5 Å². The second-order valence-electron chi connectivity index (χ2n) is 5.60. The van der Waals surface area contributed by atoms with E-state index in [-0.39, 0.29) is 12.0 Å². The number of carbonyl (C=O) groups excluding carboxylic acids is 1. The second-order valence-corrected chi connectivity index (χ2v) is 7.24. The number of nitrogens with zero attached hydrogens (tertiary/aromatic N) is 1. The molecule has 1 aliphatic heterocycles. The van der Waals surface area contributed by atoms with E-state index in [1.165, 1.54) is 11.3 Å². The molecule has 1 aromatic heterocycles. The van der Waals surface area contributed by atoms with E-state index in [1.54, 1.807) is 0 Å². The van der Waals surface area contributed by atoms with E-state index in [2.05, 4.69) is 5.32 Å². The van der Waals surface area contributed by atoms with Gasteiger partial charge in [0.2, 0.25) is 0 Å². The maximum atomic E-state index is 12.5. The van der Waals surface area contributed by atoms with Crippen molar-refractivity contribution >= 4 is 41.0 Å². The fourth-order valence-electron chi connectivity index (χ4n) is 2.64. The van der Waals surface area contributed by atoms with Crippen LogP contribution in [0, 0.1) is 10.9 Å². The summed E-state index contributed by atoms with van der Waals surface area (Å²) in [6.45, 7) is 3.34. The lowest BCUT2D eigenvalue weighted by molar-refractivity contribution is 0.0970. The molecular weight excluding hydrogens is 330 g/mol. The molecular formula is C16H19N3O2S2. The van der Waals surface area contributed by atoms with Gasteiger partial charge in [0.1, 0.15) is 10.7 Å². The Kier molecular flexibility index (Phi) is 4.79. The average Bonchev–Trinajstić information content (AvgIpc) is 3.13. The number of hydrogen-bond acceptors (Lipinski definition) is 5. The van der Waals surface area contributed by atoms with Crippen molar-refractivity contribution in [3.8, 4) is 0 Å². The van der Waals surface area contributed by atoms with Crippen LogP contribution in [0.3, 0.4) is 0 Å². The molecule has 1 saturated heterocycles. The second kappa shape index (κ2) is 6.82. The maximum absolute atomic E-state index is 12.5. The Bertz CT molecular complexity index is 776. The number of aromatic nitrogens is 1. The lowest BCUT2D eigenvalue weighted by atomic mass is 10.2. The van der Waals surface area contributed by atoms with Crippen molar-refractivity contribution in [3.05, 3.63) is 38.7 Å². The maximum Gasteiger partial charge on any atom is 0.269 e. The minimum atomic E-state index is -0.223. The molecule has 0 unspecified atom stereocenters. The molecule has 0 spiro atoms. The third-order valence-corrected chi connectivity index (χ3v) is 5.41. The highest BCUT2D eigenvalue weighted by Gasteiger charge is 2.22. The van der Waals surface area contributed by atoms with Crippen molar-refractivity contribution in [3.63, 3.8) is 0 Å². The third kappa shape index (κ3) is 3.46. The SMILES string of the molecule is Cc1ccccc1NC(=O)c1sc(=S)n(C[C@@H]2CCCO2)c1N. The fraction of sp³-hybridized carbons (Fsp3) is 0.375. The molecule has 0 bridgehead atoms. The number of hydrogen-bond donors (Lipinski definition) is 2. The van der Waals surface area contributed by atoms with Gasteiger partial charge in [0.05, 0.1) is 12.6 Å². The summed E-state index contributed by atoms with van der Waals surface area (Å²) in [5.74, 6) is 0.195. The highest BCUT2D eigenvalue weighted by molar-refractivity contribution is 7.73. The van der Waals surface area contributed by atoms with Gasteiger partial charge in [0, 0.05) is 12.3 Å². The Balaban J connectivity index is 1.81. The van der Waals surface area contributed by atoms with Gasteiger partial charge >= 0.3 is 0 Å². The van der Waals surface area contributed by atoms with Crippen LogP contribution < -0.4 is 11.1 Å². The topological polar surface area (TPSA) is 69.3 Å². The zero-order valence-electron chi connectivity index (χ0n) is 12.9. The summed E-state index contributed by atoms with van der Waals surface area (Å²) in [5.41, 5.74) is 7.95. The Morgan fingerprint density at radius 1 is 1.52 bits per heavy atom. The molecule has 1 aromatic carbocycles. The molecule has 0 radical (unpaired) electrons. The number of nitrogens with one attached hydrogen (secondary N) is 1. The van der Waals surface area contributed by atoms with Crippen LogP contribution in [-0.2, 0) is 11.3 Å². The van der Waals surface area contributed by atoms with E-state index in [4.69, 9.17) is 22.7 Å². The van der Waals surface area contributed by atoms with Crippen LogP contribution in [0.1, 0.15) is 28.1 Å². The van der Waals surface area contributed by atoms with Crippen molar-refractivity contribution < 1.29 is 9.53 Å². The number of thiazole rings is 1. The number of para-hydroxylation sites is 1. The van der Waals surface area contributed by atoms with E-state index < -0.39 is 0 Å². The molecule has 122 valence electrons. The number of nitrogen functional groups attached to an aromatic ring is 1. The first-order valence-corrected chi connectivity index (χ1v) is 8.76. The summed E-state index contributed by atoms with van der Waals surface area (Å²) in [6.07, 6.45) is 2.19. The van der Waals surface area contributed by atoms with Gasteiger partial charge in [-0.25, -0.2) is 0 Å². The first kappa shape index (κ1) is 16.2. The van der Waals surface area contributed by atoms with E-state index in [9.17, 15) is 4.79 Å². The predicted octanol–water partition coefficient (Wildman–Crippen LogP) is 3.60. The highest BCUT2D eigenvalue weighted by atomic mass is 32.1. The zero-order valence-corrected chi connectivity index (χ0v) is 14.5. The minimum absolute atomic E-state index is 0.130. The number of rotatable bonds is 4. The van der Waals surface area contributed by atoms with Crippen LogP contribution in [0.15, 0.2) is 24.3 Å². The van der Waals surface area contributed by atoms with Gasteiger partial charge in [0.25, 0.3) is 5.91 Å². The standard InChI is InChI=1S/C16H19N3O2S2/c1-10-5-2-3-7-12(10)18-15(20)13-14(17)19(16(22)23-13)9-11-6-4-8-21-11/h2-3,5,7,11H,4,6,8-9,17H2,1H3,(H,18,20)/t11-/m0/s1. The van der Waals surface area contributed by atoms with Crippen LogP contribution in [0.25, 0.3) is 0 Å². The molecule has 3 N–H and O–H groups in total. The van der Waals surface area contributed by atoms with Crippen molar-refractivity contribution in [1.82, 2.24) is 4.57 Å². The molecule has 5 nitrogen and oxygen atoms in total. The van der Waals surface area contributed by atoms with Crippen molar-refractivity contribution in [2.45, 2.75) is 32.4 Å². The fourth-order valence-corrected chi connectivity index (χ4v) is 3.87. The van der Waals surface area contributed by atoms with Crippen molar-refractivity contribution in [2.75, 3.05) is 17.7 Å². The van der Waals surface area contributed by atoms with E-state index >= 15 is 0 Å². The molecule has 1 aliphatic rings. The Morgan fingerprint density at radius 3 is 3.00 bits per heavy atom. The van der Waals surface area contributed by atoms with E-state index in [0.717, 1.165) is 30.7 Å². The van der Waals surface area contributed by atoms with Gasteiger partial charge in [-0.15, -0.1) is 0 Å². The molecule has 3 rings (SSSR count). The number of aryl methyl sites for hydroxylation is 1. The Labute approximate surface area is 144 Å². The number of nitrogens with two attached hydrogens (primary N) is 1. The average molecular weight is 349 g/mol. The summed E-state index contributed by atoms with van der Waals surface area (Å²) in [5, 5.41) is 2.90. The number of ether oxygens (including phenoxy) is 1. The number of anilines is 2. The van der Waals surface area contributed by atoms with Gasteiger partial charge in [-0.1, -0.05) is 29.5 Å². The van der Waals surface area contributed by atoms with Gasteiger partial charge < -0.3 is 20.4 Å². The molecule has 23 heavy (non-hydrogen) atoms. The third-order valence-electron chi connectivity index (χ3n) is 3.94. The van der Waals surface area contributed by atoms with Crippen molar-refractivity contribution in [2.24, 2.45) is 0 Å². The molecule has 7 heteroatoms. The number of amides is 1. The lowest BCUT2D eigenvalue weighted by Gasteiger charge is -2.12. The molecule has 1 fully saturated rings. The number of carbonyl (C=O) groups is 1. The predicted molar refractivity (Wildman–Crippen MR) is 95.7 cm³/mol. The van der Waals surface area contributed by atoms with Crippen LogP contribution in [0.2, 0.25) is 0 Å². The molecule has 2 heterocycles. The quantitative estimate of drug-likeness (QED) is 0.828.